The Morgan fingerprint density at radius 1 is 1.20 bits per heavy atom. The largest absolute Gasteiger partial charge is 0.612 e. The topological polar surface area (TPSA) is 115 Å². The van der Waals surface area contributed by atoms with E-state index in [0.717, 1.165) is 16.7 Å². The first-order chi connectivity index (χ1) is 14.3. The summed E-state index contributed by atoms with van der Waals surface area (Å²) in [5, 5.41) is 12.2. The Morgan fingerprint density at radius 2 is 1.90 bits per heavy atom. The van der Waals surface area contributed by atoms with Gasteiger partial charge in [0.2, 0.25) is 5.91 Å². The number of nitrogens with one attached hydrogen (secondary N) is 1. The molecule has 0 aliphatic rings. The average Bonchev–Trinajstić information content (AvgIpc) is 3.22. The fourth-order valence-electron chi connectivity index (χ4n) is 3.02. The molecule has 0 aliphatic carbocycles. The standard InChI is InChI=1S/C22H29N2O5P/c1-4-11-30(28)24-19(12-15(2)3)21(25)23-20(22(26)27)13-16-5-7-17(8-6-16)18-9-10-29-14-18/h5-10,14-15,19-20H,4,11-13H2,1-3H3,(H,23,25)(H,26,27)/t19-,20-/m0/s1. The number of hydrogen-bond donors (Lipinski definition) is 2. The minimum Gasteiger partial charge on any atom is -0.612 e. The predicted octanol–water partition coefficient (Wildman–Crippen LogP) is 3.82. The summed E-state index contributed by atoms with van der Waals surface area (Å²) in [7, 11) is -1.83. The highest BCUT2D eigenvalue weighted by Gasteiger charge is 2.27. The van der Waals surface area contributed by atoms with E-state index in [4.69, 9.17) is 4.42 Å². The van der Waals surface area contributed by atoms with Gasteiger partial charge in [-0.1, -0.05) is 45.0 Å². The lowest BCUT2D eigenvalue weighted by Gasteiger charge is -2.18. The molecule has 1 heterocycles. The Morgan fingerprint density at radius 3 is 2.43 bits per heavy atom. The highest BCUT2D eigenvalue weighted by atomic mass is 31.1. The molecule has 2 N–H and O–H groups in total. The zero-order valence-corrected chi connectivity index (χ0v) is 18.5. The minimum atomic E-state index is -1.83. The van der Waals surface area contributed by atoms with Crippen molar-refractivity contribution in [3.63, 3.8) is 0 Å². The third-order valence-electron chi connectivity index (χ3n) is 4.54. The van der Waals surface area contributed by atoms with Crippen molar-refractivity contribution in [3.05, 3.63) is 48.4 Å². The van der Waals surface area contributed by atoms with Gasteiger partial charge in [-0.3, -0.25) is 4.79 Å². The Labute approximate surface area is 178 Å². The lowest BCUT2D eigenvalue weighted by molar-refractivity contribution is -0.156. The van der Waals surface area contributed by atoms with Crippen LogP contribution in [0.4, 0.5) is 0 Å². The molecule has 2 rings (SSSR count). The van der Waals surface area contributed by atoms with Gasteiger partial charge in [0.25, 0.3) is 0 Å². The summed E-state index contributed by atoms with van der Waals surface area (Å²) in [6.07, 6.45) is 4.91. The van der Waals surface area contributed by atoms with Gasteiger partial charge in [0.05, 0.1) is 12.5 Å². The number of carboxylic acid groups (broad SMARTS) is 1. The number of rotatable bonds is 11. The lowest BCUT2D eigenvalue weighted by Crippen LogP contribution is -2.46. The van der Waals surface area contributed by atoms with Crippen LogP contribution in [0.2, 0.25) is 0 Å². The van der Waals surface area contributed by atoms with Crippen LogP contribution in [-0.4, -0.2) is 35.2 Å². The van der Waals surface area contributed by atoms with E-state index in [1.807, 2.05) is 51.1 Å². The summed E-state index contributed by atoms with van der Waals surface area (Å²) >= 11 is 0. The first-order valence-electron chi connectivity index (χ1n) is 10.1. The van der Waals surface area contributed by atoms with Crippen LogP contribution < -0.4 is 10.2 Å². The van der Waals surface area contributed by atoms with E-state index in [0.29, 0.717) is 19.0 Å². The van der Waals surface area contributed by atoms with Crippen LogP contribution in [0.3, 0.4) is 0 Å². The molecular weight excluding hydrogens is 403 g/mol. The molecule has 1 unspecified atom stereocenters. The number of furan rings is 1. The first-order valence-corrected chi connectivity index (χ1v) is 11.5. The van der Waals surface area contributed by atoms with E-state index in [2.05, 4.69) is 10.1 Å². The minimum absolute atomic E-state index is 0.141. The normalized spacial score (nSPS) is 13.8. The van der Waals surface area contributed by atoms with Gasteiger partial charge in [0.1, 0.15) is 12.2 Å². The number of carboxylic acids is 1. The molecule has 0 saturated carbocycles. The van der Waals surface area contributed by atoms with E-state index in [-0.39, 0.29) is 12.3 Å². The summed E-state index contributed by atoms with van der Waals surface area (Å²) < 4.78 is 9.24. The van der Waals surface area contributed by atoms with Crippen LogP contribution in [0.5, 0.6) is 0 Å². The molecule has 1 aromatic heterocycles. The predicted molar refractivity (Wildman–Crippen MR) is 115 cm³/mol. The van der Waals surface area contributed by atoms with Gasteiger partial charge < -0.3 is 19.7 Å². The fraction of sp³-hybridized carbons (Fsp3) is 0.455. The zero-order valence-electron chi connectivity index (χ0n) is 17.6. The Bertz CT molecular complexity index is 847. The number of carbonyl (C=O) groups excluding carboxylic acids is 1. The van der Waals surface area contributed by atoms with Crippen LogP contribution >= 0.6 is 7.94 Å². The Balaban J connectivity index is 2.10. The smallest absolute Gasteiger partial charge is 0.326 e. The van der Waals surface area contributed by atoms with E-state index in [9.17, 15) is 19.6 Å². The second-order valence-electron chi connectivity index (χ2n) is 7.65. The molecule has 30 heavy (non-hydrogen) atoms. The Kier molecular flexibility index (Phi) is 9.21. The highest BCUT2D eigenvalue weighted by molar-refractivity contribution is 7.39. The van der Waals surface area contributed by atoms with Crippen molar-refractivity contribution in [3.8, 4) is 11.1 Å². The first kappa shape index (κ1) is 23.8. The van der Waals surface area contributed by atoms with Gasteiger partial charge in [-0.15, -0.1) is 4.74 Å². The number of aliphatic carboxylic acids is 1. The molecule has 3 atom stereocenters. The lowest BCUT2D eigenvalue weighted by atomic mass is 10.0. The van der Waals surface area contributed by atoms with Crippen LogP contribution in [0.15, 0.2) is 52.0 Å². The summed E-state index contributed by atoms with van der Waals surface area (Å²) in [4.78, 5) is 36.5. The van der Waals surface area contributed by atoms with Crippen molar-refractivity contribution in [2.75, 3.05) is 6.16 Å². The number of amides is 1. The molecule has 162 valence electrons. The van der Waals surface area contributed by atoms with Crippen molar-refractivity contribution in [2.45, 2.75) is 52.1 Å². The van der Waals surface area contributed by atoms with Crippen LogP contribution in [0.1, 0.15) is 39.2 Å². The summed E-state index contributed by atoms with van der Waals surface area (Å²) in [5.41, 5.74) is 2.67. The quantitative estimate of drug-likeness (QED) is 0.524. The number of hydrogen-bond acceptors (Lipinski definition) is 5. The maximum Gasteiger partial charge on any atom is 0.326 e. The molecule has 1 amide bonds. The van der Waals surface area contributed by atoms with Crippen molar-refractivity contribution >= 4 is 19.8 Å². The maximum atomic E-state index is 12.7. The fourth-order valence-corrected chi connectivity index (χ4v) is 4.03. The monoisotopic (exact) mass is 432 g/mol. The van der Waals surface area contributed by atoms with E-state index in [1.54, 1.807) is 12.5 Å². The van der Waals surface area contributed by atoms with Crippen molar-refractivity contribution < 1.29 is 24.0 Å². The molecule has 7 nitrogen and oxygen atoms in total. The molecule has 1 aromatic carbocycles. The SMILES string of the molecule is CCC[P+]([O-])=N[C@@H](CC(C)C)C(=O)N[C@@H](Cc1ccc(-c2ccoc2)cc1)C(=O)O. The van der Waals surface area contributed by atoms with Crippen molar-refractivity contribution in [1.29, 1.82) is 0 Å². The van der Waals surface area contributed by atoms with E-state index >= 15 is 0 Å². The van der Waals surface area contributed by atoms with Crippen molar-refractivity contribution in [2.24, 2.45) is 10.7 Å². The molecule has 0 fully saturated rings. The van der Waals surface area contributed by atoms with Gasteiger partial charge in [0, 0.05) is 12.0 Å². The molecule has 0 bridgehead atoms. The second-order valence-corrected chi connectivity index (χ2v) is 9.03. The molecular formula is C22H29N2O5P. The third-order valence-corrected chi connectivity index (χ3v) is 5.91. The summed E-state index contributed by atoms with van der Waals surface area (Å²) in [6, 6.07) is 7.37. The average molecular weight is 432 g/mol. The molecule has 0 spiro atoms. The number of carbonyl (C=O) groups is 2. The van der Waals surface area contributed by atoms with Gasteiger partial charge in [-0.05, 0) is 36.0 Å². The van der Waals surface area contributed by atoms with Crippen LogP contribution in [0.25, 0.3) is 11.1 Å². The Hall–Kier alpha value is -2.50. The summed E-state index contributed by atoms with van der Waals surface area (Å²) in [6.45, 7) is 5.79. The molecule has 0 saturated heterocycles. The molecule has 0 aliphatic heterocycles. The third kappa shape index (κ3) is 7.39. The molecule has 0 radical (unpaired) electrons. The zero-order chi connectivity index (χ0) is 22.1. The highest BCUT2D eigenvalue weighted by Crippen LogP contribution is 2.22. The van der Waals surface area contributed by atoms with Crippen molar-refractivity contribution in [1.82, 2.24) is 5.32 Å². The van der Waals surface area contributed by atoms with Gasteiger partial charge in [-0.25, -0.2) is 4.79 Å². The van der Waals surface area contributed by atoms with Gasteiger partial charge >= 0.3 is 5.97 Å². The van der Waals surface area contributed by atoms with Crippen LogP contribution in [-0.2, 0) is 16.0 Å². The van der Waals surface area contributed by atoms with Gasteiger partial charge in [0.15, 0.2) is 14.0 Å². The second kappa shape index (κ2) is 11.6. The van der Waals surface area contributed by atoms with E-state index < -0.39 is 31.9 Å². The van der Waals surface area contributed by atoms with Gasteiger partial charge in [-0.2, -0.15) is 0 Å². The summed E-state index contributed by atoms with van der Waals surface area (Å²) in [5.74, 6) is -1.46. The van der Waals surface area contributed by atoms with E-state index in [1.165, 1.54) is 0 Å². The molecule has 2 aromatic rings. The number of benzene rings is 1. The number of nitrogens with zero attached hydrogens (tertiary/aromatic N) is 1. The van der Waals surface area contributed by atoms with Crippen LogP contribution in [0, 0.1) is 5.92 Å². The maximum absolute atomic E-state index is 12.7. The molecule has 8 heteroatoms.